The quantitative estimate of drug-likeness (QED) is 0.448. The zero-order chi connectivity index (χ0) is 14.9. The summed E-state index contributed by atoms with van der Waals surface area (Å²) < 4.78 is 0. The fraction of sp³-hybridized carbons (Fsp3) is 0. The van der Waals surface area contributed by atoms with E-state index in [1.54, 1.807) is 0 Å². The van der Waals surface area contributed by atoms with Gasteiger partial charge in [-0.2, -0.15) is 0 Å². The first kappa shape index (κ1) is 29.1. The average Bonchev–Trinajstić information content (AvgIpc) is 2.57. The normalized spacial score (nSPS) is 7.84. The fourth-order valence-corrected chi connectivity index (χ4v) is 1.94. The van der Waals surface area contributed by atoms with Gasteiger partial charge in [-0.1, -0.05) is 84.5 Å². The van der Waals surface area contributed by atoms with Gasteiger partial charge in [-0.25, -0.2) is 0 Å². The SMILES string of the molecule is O=[C-]O.[CH3-].[V].[W].[Y].[c-]1ncc(-c2ccccc2)c(-c2ccccc2)n1. The molecule has 3 aromatic rings. The molecular weight excluding hydrogens is 600 g/mol. The van der Waals surface area contributed by atoms with E-state index in [4.69, 9.17) is 9.90 Å². The maximum absolute atomic E-state index is 8.24. The molecule has 0 atom stereocenters. The van der Waals surface area contributed by atoms with Crippen molar-refractivity contribution in [2.45, 2.75) is 0 Å². The van der Waals surface area contributed by atoms with Crippen molar-refractivity contribution in [2.24, 2.45) is 0 Å². The Balaban J connectivity index is -0.000000649. The molecule has 126 valence electrons. The van der Waals surface area contributed by atoms with E-state index in [1.165, 1.54) is 0 Å². The van der Waals surface area contributed by atoms with E-state index < -0.39 is 0 Å². The van der Waals surface area contributed by atoms with Crippen LogP contribution in [0.2, 0.25) is 0 Å². The molecule has 0 amide bonds. The molecule has 1 heterocycles. The van der Waals surface area contributed by atoms with E-state index in [1.807, 2.05) is 54.7 Å². The van der Waals surface area contributed by atoms with Crippen LogP contribution in [-0.4, -0.2) is 21.5 Å². The van der Waals surface area contributed by atoms with E-state index in [9.17, 15) is 0 Å². The number of hydrogen-bond acceptors (Lipinski definition) is 3. The van der Waals surface area contributed by atoms with Gasteiger partial charge in [-0.05, 0) is 11.3 Å². The Bertz CT molecular complexity index is 645. The Morgan fingerprint density at radius 2 is 1.36 bits per heavy atom. The third kappa shape index (κ3) is 9.03. The topological polar surface area (TPSA) is 63.1 Å². The molecule has 0 fully saturated rings. The second-order valence-electron chi connectivity index (χ2n) is 4.06. The van der Waals surface area contributed by atoms with Crippen molar-refractivity contribution in [2.75, 3.05) is 0 Å². The van der Waals surface area contributed by atoms with Crippen molar-refractivity contribution in [1.29, 1.82) is 0 Å². The van der Waals surface area contributed by atoms with E-state index in [-0.39, 0.29) is 79.8 Å². The van der Waals surface area contributed by atoms with Crippen LogP contribution in [0.5, 0.6) is 0 Å². The zero-order valence-corrected chi connectivity index (χ0v) is 20.7. The van der Waals surface area contributed by atoms with E-state index in [2.05, 4.69) is 28.4 Å². The van der Waals surface area contributed by atoms with Crippen LogP contribution in [0.25, 0.3) is 22.4 Å². The van der Waals surface area contributed by atoms with Gasteiger partial charge in [0.2, 0.25) is 0 Å². The summed E-state index contributed by atoms with van der Waals surface area (Å²) in [4.78, 5) is 16.5. The Morgan fingerprint density at radius 3 is 1.84 bits per heavy atom. The second-order valence-corrected chi connectivity index (χ2v) is 4.06. The zero-order valence-electron chi connectivity index (χ0n) is 13.5. The number of rotatable bonds is 2. The Kier molecular flexibility index (Phi) is 19.6. The van der Waals surface area contributed by atoms with E-state index >= 15 is 0 Å². The summed E-state index contributed by atoms with van der Waals surface area (Å²) in [6, 6.07) is 20.2. The number of aromatic nitrogens is 2. The molecule has 25 heavy (non-hydrogen) atoms. The summed E-state index contributed by atoms with van der Waals surface area (Å²) in [5, 5.41) is 6.76. The van der Waals surface area contributed by atoms with Crippen molar-refractivity contribution >= 4 is 6.47 Å². The Labute approximate surface area is 199 Å². The molecule has 4 nitrogen and oxygen atoms in total. The molecule has 2 radical (unpaired) electrons. The Hall–Kier alpha value is -0.633. The minimum absolute atomic E-state index is 0. The Morgan fingerprint density at radius 1 is 0.920 bits per heavy atom. The molecule has 0 saturated heterocycles. The van der Waals surface area contributed by atoms with Crippen LogP contribution in [0.4, 0.5) is 0 Å². The molecule has 0 saturated carbocycles. The van der Waals surface area contributed by atoms with Crippen molar-refractivity contribution in [3.63, 3.8) is 0 Å². The third-order valence-electron chi connectivity index (χ3n) is 2.80. The minimum Gasteiger partial charge on any atom is -0.665 e. The molecule has 0 bridgehead atoms. The minimum atomic E-state index is 0. The van der Waals surface area contributed by atoms with Crippen LogP contribution in [-0.2, 0) is 77.1 Å². The van der Waals surface area contributed by atoms with Crippen molar-refractivity contribution in [3.8, 4) is 22.4 Å². The van der Waals surface area contributed by atoms with Crippen LogP contribution in [0, 0.1) is 13.8 Å². The number of benzene rings is 2. The molecule has 0 aliphatic heterocycles. The molecule has 3 rings (SSSR count). The largest absolute Gasteiger partial charge is 0.665 e. The molecule has 0 aliphatic carbocycles. The smallest absolute Gasteiger partial charge is 0.0219 e. The summed E-state index contributed by atoms with van der Waals surface area (Å²) in [6.45, 7) is 0.500. The molecule has 0 unspecified atom stereocenters. The predicted octanol–water partition coefficient (Wildman–Crippen LogP) is 3.67. The van der Waals surface area contributed by atoms with Gasteiger partial charge in [0.15, 0.2) is 0 Å². The molecule has 7 heteroatoms. The maximum atomic E-state index is 8.24. The van der Waals surface area contributed by atoms with Crippen molar-refractivity contribution < 1.29 is 82.2 Å². The van der Waals surface area contributed by atoms with Gasteiger partial charge in [0.25, 0.3) is 0 Å². The molecule has 2 aromatic carbocycles. The molecule has 1 N–H and O–H groups in total. The molecule has 1 aromatic heterocycles. The van der Waals surface area contributed by atoms with Gasteiger partial charge in [-0.3, -0.25) is 0 Å². The number of aliphatic hydroxyl groups excluding tert-OH is 1. The van der Waals surface area contributed by atoms with Gasteiger partial charge in [0.05, 0.1) is 0 Å². The second kappa shape index (κ2) is 16.8. The first-order valence-corrected chi connectivity index (χ1v) is 6.22. The van der Waals surface area contributed by atoms with Crippen molar-refractivity contribution in [1.82, 2.24) is 9.97 Å². The number of nitrogens with zero attached hydrogens (tertiary/aromatic N) is 2. The summed E-state index contributed by atoms with van der Waals surface area (Å²) in [5.74, 6) is 0. The predicted molar refractivity (Wildman–Crippen MR) is 86.5 cm³/mol. The van der Waals surface area contributed by atoms with Gasteiger partial charge < -0.3 is 27.3 Å². The van der Waals surface area contributed by atoms with Crippen LogP contribution >= 0.6 is 0 Å². The standard InChI is InChI=1S/C16H11N2.CHO2.CH3.V.W.Y/c1-3-7-13(8-4-1)15-11-17-12-18-16(15)14-9-5-2-6-10-14;2-1-3;;;;/h1-11H;(H,2,3);1H3;;;/q3*-1;;;. The fourth-order valence-electron chi connectivity index (χ4n) is 1.94. The van der Waals surface area contributed by atoms with Crippen LogP contribution in [0.1, 0.15) is 0 Å². The van der Waals surface area contributed by atoms with Gasteiger partial charge in [0, 0.05) is 78.7 Å². The van der Waals surface area contributed by atoms with Crippen molar-refractivity contribution in [3.05, 3.63) is 80.6 Å². The molecular formula is C18H15N2O2VWY-3. The van der Waals surface area contributed by atoms with Crippen LogP contribution in [0.3, 0.4) is 0 Å². The van der Waals surface area contributed by atoms with E-state index in [0.29, 0.717) is 6.47 Å². The monoisotopic (exact) mass is 615 g/mol. The number of hydrogen-bond donors (Lipinski definition) is 1. The summed E-state index contributed by atoms with van der Waals surface area (Å²) in [6.07, 6.45) is 4.48. The third-order valence-corrected chi connectivity index (χ3v) is 2.80. The maximum Gasteiger partial charge on any atom is 0.0219 e. The van der Waals surface area contributed by atoms with Gasteiger partial charge in [0.1, 0.15) is 0 Å². The first-order chi connectivity index (χ1) is 10.4. The van der Waals surface area contributed by atoms with E-state index in [0.717, 1.165) is 22.4 Å². The summed E-state index contributed by atoms with van der Waals surface area (Å²) in [7, 11) is 0. The molecule has 0 aliphatic rings. The first-order valence-electron chi connectivity index (χ1n) is 6.22. The molecule has 0 spiro atoms. The van der Waals surface area contributed by atoms with Gasteiger partial charge in [-0.15, -0.1) is 0 Å². The van der Waals surface area contributed by atoms with Crippen LogP contribution in [0.15, 0.2) is 66.9 Å². The summed E-state index contributed by atoms with van der Waals surface area (Å²) in [5.41, 5.74) is 4.14. The van der Waals surface area contributed by atoms with Gasteiger partial charge >= 0.3 is 0 Å². The van der Waals surface area contributed by atoms with Crippen LogP contribution < -0.4 is 0 Å². The summed E-state index contributed by atoms with van der Waals surface area (Å²) >= 11 is 0. The average molecular weight is 615 g/mol.